The highest BCUT2D eigenvalue weighted by Crippen LogP contribution is 2.27. The van der Waals surface area contributed by atoms with Gasteiger partial charge in [-0.1, -0.05) is 55.8 Å². The molecule has 0 aliphatic rings. The molecule has 1 heterocycles. The monoisotopic (exact) mass is 405 g/mol. The maximum absolute atomic E-state index is 13.1. The molecular formula is C23H23N3O4. The molecule has 2 aromatic carbocycles. The van der Waals surface area contributed by atoms with E-state index >= 15 is 0 Å². The van der Waals surface area contributed by atoms with Gasteiger partial charge in [0.05, 0.1) is 16.8 Å². The largest absolute Gasteiger partial charge is 0.448 e. The van der Waals surface area contributed by atoms with Crippen LogP contribution in [0.5, 0.6) is 0 Å². The minimum Gasteiger partial charge on any atom is -0.448 e. The lowest BCUT2D eigenvalue weighted by atomic mass is 10.0. The van der Waals surface area contributed by atoms with Gasteiger partial charge in [0, 0.05) is 10.9 Å². The van der Waals surface area contributed by atoms with Crippen LogP contribution in [-0.2, 0) is 9.53 Å². The van der Waals surface area contributed by atoms with Crippen LogP contribution in [0.25, 0.3) is 22.2 Å². The number of hydrogen-bond donors (Lipinski definition) is 2. The normalized spacial score (nSPS) is 11.9. The summed E-state index contributed by atoms with van der Waals surface area (Å²) in [4.78, 5) is 41.1. The number of nitrogens with one attached hydrogen (secondary N) is 1. The maximum atomic E-state index is 13.1. The number of urea groups is 1. The molecule has 1 aromatic heterocycles. The molecule has 3 amide bonds. The third-order valence-electron chi connectivity index (χ3n) is 4.60. The predicted molar refractivity (Wildman–Crippen MR) is 114 cm³/mol. The number of nitrogens with zero attached hydrogens (tertiary/aromatic N) is 1. The Labute approximate surface area is 174 Å². The number of carbonyl (C=O) groups excluding carboxylic acids is 3. The zero-order valence-corrected chi connectivity index (χ0v) is 17.0. The average Bonchev–Trinajstić information content (AvgIpc) is 2.70. The molecule has 0 saturated heterocycles. The highest BCUT2D eigenvalue weighted by molar-refractivity contribution is 6.06. The number of carbonyl (C=O) groups is 3. The molecular weight excluding hydrogens is 382 g/mol. The molecule has 3 aromatic rings. The fourth-order valence-electron chi connectivity index (χ4n) is 3.13. The number of fused-ring (bicyclic) bond motifs is 1. The Morgan fingerprint density at radius 2 is 1.73 bits per heavy atom. The van der Waals surface area contributed by atoms with Crippen LogP contribution in [0.3, 0.4) is 0 Å². The Hall–Kier alpha value is -3.74. The van der Waals surface area contributed by atoms with Crippen molar-refractivity contribution in [1.82, 2.24) is 10.3 Å². The van der Waals surface area contributed by atoms with Gasteiger partial charge in [0.1, 0.15) is 0 Å². The number of amides is 3. The van der Waals surface area contributed by atoms with Gasteiger partial charge < -0.3 is 10.5 Å². The van der Waals surface area contributed by atoms with E-state index in [0.29, 0.717) is 22.2 Å². The summed E-state index contributed by atoms with van der Waals surface area (Å²) < 4.78 is 5.51. The van der Waals surface area contributed by atoms with Crippen LogP contribution in [0.4, 0.5) is 4.79 Å². The van der Waals surface area contributed by atoms with Crippen molar-refractivity contribution in [3.63, 3.8) is 0 Å². The van der Waals surface area contributed by atoms with E-state index in [1.165, 1.54) is 0 Å². The summed E-state index contributed by atoms with van der Waals surface area (Å²) in [5.41, 5.74) is 8.37. The highest BCUT2D eigenvalue weighted by atomic mass is 16.5. The van der Waals surface area contributed by atoms with Crippen molar-refractivity contribution >= 4 is 28.8 Å². The molecule has 0 saturated carbocycles. The first-order valence-corrected chi connectivity index (χ1v) is 9.54. The summed E-state index contributed by atoms with van der Waals surface area (Å²) in [6.45, 7) is 5.34. The summed E-state index contributed by atoms with van der Waals surface area (Å²) in [5.74, 6) is -1.80. The van der Waals surface area contributed by atoms with Crippen LogP contribution in [-0.4, -0.2) is 29.0 Å². The van der Waals surface area contributed by atoms with E-state index in [0.717, 1.165) is 11.1 Å². The number of esters is 1. The summed E-state index contributed by atoms with van der Waals surface area (Å²) in [6.07, 6.45) is -1.17. The summed E-state index contributed by atoms with van der Waals surface area (Å²) in [7, 11) is 0. The average molecular weight is 405 g/mol. The zero-order valence-electron chi connectivity index (χ0n) is 17.0. The van der Waals surface area contributed by atoms with Gasteiger partial charge in [0.2, 0.25) is 0 Å². The molecule has 30 heavy (non-hydrogen) atoms. The molecule has 3 rings (SSSR count). The van der Waals surface area contributed by atoms with Gasteiger partial charge in [-0.2, -0.15) is 0 Å². The SMILES string of the molecule is Cc1ccc2nc(-c3ccccc3)cc(C(=O)OC(C(=O)NC(N)=O)C(C)C)c2c1. The second kappa shape index (κ2) is 8.73. The maximum Gasteiger partial charge on any atom is 0.339 e. The smallest absolute Gasteiger partial charge is 0.339 e. The molecule has 0 fully saturated rings. The predicted octanol–water partition coefficient (Wildman–Crippen LogP) is 3.59. The van der Waals surface area contributed by atoms with Gasteiger partial charge in [-0.25, -0.2) is 14.6 Å². The standard InChI is InChI=1S/C23H23N3O4/c1-13(2)20(21(27)26-23(24)29)30-22(28)17-12-19(15-7-5-4-6-8-15)25-18-10-9-14(3)11-16(17)18/h4-13,20H,1-3H3,(H3,24,26,27,29). The molecule has 7 heteroatoms. The Kier molecular flexibility index (Phi) is 6.11. The van der Waals surface area contributed by atoms with E-state index in [2.05, 4.69) is 4.98 Å². The lowest BCUT2D eigenvalue weighted by Crippen LogP contribution is -2.45. The van der Waals surface area contributed by atoms with Crippen LogP contribution in [0.15, 0.2) is 54.6 Å². The van der Waals surface area contributed by atoms with Crippen LogP contribution < -0.4 is 11.1 Å². The Morgan fingerprint density at radius 3 is 2.37 bits per heavy atom. The van der Waals surface area contributed by atoms with Gasteiger partial charge in [-0.05, 0) is 31.0 Å². The lowest BCUT2D eigenvalue weighted by Gasteiger charge is -2.20. The van der Waals surface area contributed by atoms with Crippen LogP contribution in [0.1, 0.15) is 29.8 Å². The molecule has 3 N–H and O–H groups in total. The van der Waals surface area contributed by atoms with E-state index in [9.17, 15) is 14.4 Å². The van der Waals surface area contributed by atoms with Crippen molar-refractivity contribution in [1.29, 1.82) is 0 Å². The number of aromatic nitrogens is 1. The van der Waals surface area contributed by atoms with Crippen molar-refractivity contribution in [2.75, 3.05) is 0 Å². The van der Waals surface area contributed by atoms with Crippen LogP contribution in [0.2, 0.25) is 0 Å². The first kappa shape index (κ1) is 21.0. The number of ether oxygens (including phenoxy) is 1. The third kappa shape index (κ3) is 4.63. The van der Waals surface area contributed by atoms with E-state index < -0.39 is 24.0 Å². The molecule has 0 aliphatic heterocycles. The molecule has 0 radical (unpaired) electrons. The molecule has 7 nitrogen and oxygen atoms in total. The van der Waals surface area contributed by atoms with Gasteiger partial charge in [-0.15, -0.1) is 0 Å². The van der Waals surface area contributed by atoms with Crippen molar-refractivity contribution in [2.24, 2.45) is 11.7 Å². The summed E-state index contributed by atoms with van der Waals surface area (Å²) in [6, 6.07) is 15.7. The zero-order chi connectivity index (χ0) is 21.8. The fourth-order valence-corrected chi connectivity index (χ4v) is 3.13. The van der Waals surface area contributed by atoms with Crippen LogP contribution in [0, 0.1) is 12.8 Å². The van der Waals surface area contributed by atoms with Gasteiger partial charge in [0.25, 0.3) is 5.91 Å². The molecule has 1 atom stereocenters. The lowest BCUT2D eigenvalue weighted by molar-refractivity contribution is -0.130. The minimum atomic E-state index is -1.17. The Bertz CT molecular complexity index is 1110. The van der Waals surface area contributed by atoms with Gasteiger partial charge in [0.15, 0.2) is 6.10 Å². The third-order valence-corrected chi connectivity index (χ3v) is 4.60. The van der Waals surface area contributed by atoms with E-state index in [1.807, 2.05) is 60.8 Å². The number of benzene rings is 2. The second-order valence-corrected chi connectivity index (χ2v) is 7.37. The van der Waals surface area contributed by atoms with Gasteiger partial charge in [-0.3, -0.25) is 10.1 Å². The van der Waals surface area contributed by atoms with Gasteiger partial charge >= 0.3 is 12.0 Å². The number of nitrogens with two attached hydrogens (primary N) is 1. The molecule has 1 unspecified atom stereocenters. The second-order valence-electron chi connectivity index (χ2n) is 7.37. The number of rotatable bonds is 5. The highest BCUT2D eigenvalue weighted by Gasteiger charge is 2.29. The molecule has 0 spiro atoms. The summed E-state index contributed by atoms with van der Waals surface area (Å²) in [5, 5.41) is 2.60. The number of aryl methyl sites for hydroxylation is 1. The number of pyridine rings is 1. The Morgan fingerprint density at radius 1 is 1.03 bits per heavy atom. The number of imide groups is 1. The Balaban J connectivity index is 2.06. The number of primary amides is 1. The molecule has 0 bridgehead atoms. The first-order chi connectivity index (χ1) is 14.3. The van der Waals surface area contributed by atoms with E-state index in [4.69, 9.17) is 10.5 Å². The summed E-state index contributed by atoms with van der Waals surface area (Å²) >= 11 is 0. The minimum absolute atomic E-state index is 0.292. The number of hydrogen-bond acceptors (Lipinski definition) is 5. The molecule has 154 valence electrons. The topological polar surface area (TPSA) is 111 Å². The van der Waals surface area contributed by atoms with Crippen molar-refractivity contribution < 1.29 is 19.1 Å². The first-order valence-electron chi connectivity index (χ1n) is 9.54. The van der Waals surface area contributed by atoms with E-state index in [1.54, 1.807) is 19.9 Å². The van der Waals surface area contributed by atoms with Crippen molar-refractivity contribution in [3.8, 4) is 11.3 Å². The van der Waals surface area contributed by atoms with Crippen LogP contribution >= 0.6 is 0 Å². The van der Waals surface area contributed by atoms with E-state index in [-0.39, 0.29) is 5.92 Å². The van der Waals surface area contributed by atoms with Crippen molar-refractivity contribution in [3.05, 3.63) is 65.7 Å². The fraction of sp³-hybridized carbons (Fsp3) is 0.217. The quantitative estimate of drug-likeness (QED) is 0.630. The molecule has 0 aliphatic carbocycles. The van der Waals surface area contributed by atoms with Crippen molar-refractivity contribution in [2.45, 2.75) is 26.9 Å².